The molecule has 0 aliphatic carbocycles. The Kier molecular flexibility index (Phi) is 5.59. The highest BCUT2D eigenvalue weighted by Crippen LogP contribution is 2.36. The molecule has 4 aromatic carbocycles. The summed E-state index contributed by atoms with van der Waals surface area (Å²) >= 11 is 0. The van der Waals surface area contributed by atoms with Crippen LogP contribution < -0.4 is 0 Å². The Morgan fingerprint density at radius 3 is 1.69 bits per heavy atom. The van der Waals surface area contributed by atoms with Gasteiger partial charge in [0.05, 0.1) is 11.4 Å². The van der Waals surface area contributed by atoms with Crippen molar-refractivity contribution in [3.05, 3.63) is 138 Å². The normalized spacial score (nSPS) is 10.8. The molecule has 0 bridgehead atoms. The van der Waals surface area contributed by atoms with E-state index < -0.39 is 0 Å². The minimum atomic E-state index is -0.248. The van der Waals surface area contributed by atoms with E-state index in [4.69, 9.17) is 4.98 Å². The Labute approximate surface area is 187 Å². The quantitative estimate of drug-likeness (QED) is 0.285. The first-order chi connectivity index (χ1) is 15.8. The van der Waals surface area contributed by atoms with E-state index in [0.717, 1.165) is 45.6 Å². The van der Waals surface area contributed by atoms with E-state index in [1.807, 2.05) is 42.5 Å². The second-order valence-electron chi connectivity index (χ2n) is 7.79. The number of pyridine rings is 1. The van der Waals surface area contributed by atoms with Gasteiger partial charge in [0.15, 0.2) is 0 Å². The van der Waals surface area contributed by atoms with E-state index in [1.54, 1.807) is 0 Å². The van der Waals surface area contributed by atoms with Crippen molar-refractivity contribution in [1.29, 1.82) is 0 Å². The van der Waals surface area contributed by atoms with Gasteiger partial charge < -0.3 is 0 Å². The second kappa shape index (κ2) is 8.99. The molecule has 0 fully saturated rings. The summed E-state index contributed by atoms with van der Waals surface area (Å²) in [7, 11) is 0. The summed E-state index contributed by atoms with van der Waals surface area (Å²) in [6, 6.07) is 39.8. The molecule has 32 heavy (non-hydrogen) atoms. The number of halogens is 1. The molecule has 0 unspecified atom stereocenters. The molecule has 1 heterocycles. The lowest BCUT2D eigenvalue weighted by Gasteiger charge is -2.17. The molecule has 5 aromatic rings. The lowest BCUT2D eigenvalue weighted by Crippen LogP contribution is -2.00. The largest absolute Gasteiger partial charge is 0.247 e. The monoisotopic (exact) mass is 415 g/mol. The number of aromatic nitrogens is 1. The lowest BCUT2D eigenvalue weighted by atomic mass is 9.92. The number of nitrogens with zero attached hydrogens (tertiary/aromatic N) is 1. The van der Waals surface area contributed by atoms with Crippen molar-refractivity contribution < 1.29 is 4.39 Å². The van der Waals surface area contributed by atoms with Crippen molar-refractivity contribution in [2.75, 3.05) is 0 Å². The highest BCUT2D eigenvalue weighted by molar-refractivity contribution is 5.84. The molecule has 0 spiro atoms. The SMILES string of the molecule is Fc1ccc(-c2nc(-c3ccccc3)c(-c3ccccc3)cc2Cc2ccccc2)cc1. The van der Waals surface area contributed by atoms with Crippen LogP contribution in [-0.2, 0) is 6.42 Å². The van der Waals surface area contributed by atoms with Crippen molar-refractivity contribution in [3.63, 3.8) is 0 Å². The van der Waals surface area contributed by atoms with Crippen molar-refractivity contribution in [3.8, 4) is 33.6 Å². The Morgan fingerprint density at radius 1 is 0.531 bits per heavy atom. The van der Waals surface area contributed by atoms with Crippen molar-refractivity contribution >= 4 is 0 Å². The average Bonchev–Trinajstić information content (AvgIpc) is 2.86. The van der Waals surface area contributed by atoms with Gasteiger partial charge in [0.25, 0.3) is 0 Å². The fourth-order valence-electron chi connectivity index (χ4n) is 4.02. The molecule has 0 aliphatic rings. The van der Waals surface area contributed by atoms with E-state index >= 15 is 0 Å². The Balaban J connectivity index is 1.76. The highest BCUT2D eigenvalue weighted by atomic mass is 19.1. The van der Waals surface area contributed by atoms with Gasteiger partial charge >= 0.3 is 0 Å². The Bertz CT molecular complexity index is 1310. The molecule has 2 heteroatoms. The van der Waals surface area contributed by atoms with E-state index in [9.17, 15) is 4.39 Å². The van der Waals surface area contributed by atoms with Gasteiger partial charge in [-0.3, -0.25) is 0 Å². The van der Waals surface area contributed by atoms with Crippen LogP contribution in [-0.4, -0.2) is 4.98 Å². The van der Waals surface area contributed by atoms with Crippen LogP contribution >= 0.6 is 0 Å². The van der Waals surface area contributed by atoms with Gasteiger partial charge in [0.1, 0.15) is 5.82 Å². The van der Waals surface area contributed by atoms with Gasteiger partial charge in [-0.25, -0.2) is 9.37 Å². The maximum Gasteiger partial charge on any atom is 0.123 e. The first-order valence-electron chi connectivity index (χ1n) is 10.7. The Hall–Kier alpha value is -4.04. The zero-order valence-corrected chi connectivity index (χ0v) is 17.6. The minimum Gasteiger partial charge on any atom is -0.247 e. The van der Waals surface area contributed by atoms with Crippen LogP contribution in [0, 0.1) is 5.82 Å². The Morgan fingerprint density at radius 2 is 1.06 bits per heavy atom. The maximum absolute atomic E-state index is 13.7. The molecule has 0 radical (unpaired) electrons. The van der Waals surface area contributed by atoms with Gasteiger partial charge in [0, 0.05) is 16.7 Å². The van der Waals surface area contributed by atoms with Crippen LogP contribution in [0.2, 0.25) is 0 Å². The molecule has 5 rings (SSSR count). The fourth-order valence-corrected chi connectivity index (χ4v) is 4.02. The summed E-state index contributed by atoms with van der Waals surface area (Å²) in [5.74, 6) is -0.248. The van der Waals surface area contributed by atoms with Crippen LogP contribution in [0.15, 0.2) is 121 Å². The lowest BCUT2D eigenvalue weighted by molar-refractivity contribution is 0.628. The van der Waals surface area contributed by atoms with Gasteiger partial charge in [-0.2, -0.15) is 0 Å². The van der Waals surface area contributed by atoms with Crippen LogP contribution in [0.25, 0.3) is 33.6 Å². The topological polar surface area (TPSA) is 12.9 Å². The molecule has 0 saturated heterocycles. The molecular weight excluding hydrogens is 393 g/mol. The molecule has 0 aliphatic heterocycles. The standard InChI is InChI=1S/C30H22FN/c31-27-18-16-25(17-19-27)29-26(20-22-10-4-1-5-11-22)21-28(23-12-6-2-7-13-23)30(32-29)24-14-8-3-9-15-24/h1-19,21H,20H2. The van der Waals surface area contributed by atoms with Gasteiger partial charge in [-0.1, -0.05) is 91.0 Å². The molecule has 1 aromatic heterocycles. The van der Waals surface area contributed by atoms with Crippen LogP contribution in [0.1, 0.15) is 11.1 Å². The summed E-state index contributed by atoms with van der Waals surface area (Å²) in [6.45, 7) is 0. The van der Waals surface area contributed by atoms with Crippen LogP contribution in [0.4, 0.5) is 4.39 Å². The smallest absolute Gasteiger partial charge is 0.123 e. The van der Waals surface area contributed by atoms with E-state index in [0.29, 0.717) is 0 Å². The third-order valence-corrected chi connectivity index (χ3v) is 5.59. The number of hydrogen-bond donors (Lipinski definition) is 0. The third-order valence-electron chi connectivity index (χ3n) is 5.59. The van der Waals surface area contributed by atoms with E-state index in [2.05, 4.69) is 66.7 Å². The molecule has 0 saturated carbocycles. The fraction of sp³-hybridized carbons (Fsp3) is 0.0333. The number of hydrogen-bond acceptors (Lipinski definition) is 1. The van der Waals surface area contributed by atoms with E-state index in [1.165, 1.54) is 17.7 Å². The summed E-state index contributed by atoms with van der Waals surface area (Å²) in [4.78, 5) is 5.19. The van der Waals surface area contributed by atoms with Gasteiger partial charge in [-0.05, 0) is 53.4 Å². The molecule has 0 N–H and O–H groups in total. The highest BCUT2D eigenvalue weighted by Gasteiger charge is 2.16. The first kappa shape index (κ1) is 19.9. The molecule has 1 nitrogen and oxygen atoms in total. The third kappa shape index (κ3) is 4.21. The first-order valence-corrected chi connectivity index (χ1v) is 10.7. The number of rotatable bonds is 5. The van der Waals surface area contributed by atoms with Crippen molar-refractivity contribution in [2.45, 2.75) is 6.42 Å². The summed E-state index contributed by atoms with van der Waals surface area (Å²) in [5.41, 5.74) is 8.31. The molecule has 0 atom stereocenters. The van der Waals surface area contributed by atoms with E-state index in [-0.39, 0.29) is 5.82 Å². The predicted molar refractivity (Wildman–Crippen MR) is 130 cm³/mol. The maximum atomic E-state index is 13.7. The summed E-state index contributed by atoms with van der Waals surface area (Å²) in [6.07, 6.45) is 0.745. The summed E-state index contributed by atoms with van der Waals surface area (Å²) in [5, 5.41) is 0. The van der Waals surface area contributed by atoms with Gasteiger partial charge in [0.2, 0.25) is 0 Å². The van der Waals surface area contributed by atoms with Crippen LogP contribution in [0.5, 0.6) is 0 Å². The van der Waals surface area contributed by atoms with Gasteiger partial charge in [-0.15, -0.1) is 0 Å². The van der Waals surface area contributed by atoms with Crippen molar-refractivity contribution in [2.24, 2.45) is 0 Å². The molecule has 154 valence electrons. The zero-order chi connectivity index (χ0) is 21.8. The molecular formula is C30H22FN. The van der Waals surface area contributed by atoms with Crippen LogP contribution in [0.3, 0.4) is 0 Å². The average molecular weight is 416 g/mol. The minimum absolute atomic E-state index is 0.248. The van der Waals surface area contributed by atoms with Crippen molar-refractivity contribution in [1.82, 2.24) is 4.98 Å². The second-order valence-corrected chi connectivity index (χ2v) is 7.79. The zero-order valence-electron chi connectivity index (χ0n) is 17.6. The summed E-state index contributed by atoms with van der Waals surface area (Å²) < 4.78 is 13.7. The predicted octanol–water partition coefficient (Wildman–Crippen LogP) is 7.81. The molecule has 0 amide bonds. The number of benzene rings is 4.